The molecule has 0 aliphatic rings. The molecule has 3 nitrogen and oxygen atoms in total. The van der Waals surface area contributed by atoms with Gasteiger partial charge in [0, 0.05) is 23.9 Å². The third-order valence-electron chi connectivity index (χ3n) is 6.90. The fraction of sp³-hybridized carbons (Fsp3) is 0.121. The maximum absolute atomic E-state index is 5.28. The molecule has 3 heteroatoms. The second-order valence-electron chi connectivity index (χ2n) is 9.16. The van der Waals surface area contributed by atoms with Crippen molar-refractivity contribution in [1.29, 1.82) is 0 Å². The van der Waals surface area contributed by atoms with Gasteiger partial charge in [-0.3, -0.25) is 4.40 Å². The Morgan fingerprint density at radius 3 is 1.86 bits per heavy atom. The van der Waals surface area contributed by atoms with Crippen molar-refractivity contribution in [3.8, 4) is 33.8 Å². The molecule has 0 atom stereocenters. The van der Waals surface area contributed by atoms with Crippen LogP contribution >= 0.6 is 0 Å². The van der Waals surface area contributed by atoms with E-state index in [0.717, 1.165) is 47.7 Å². The molecule has 6 aromatic rings. The van der Waals surface area contributed by atoms with Gasteiger partial charge in [0.2, 0.25) is 5.78 Å². The van der Waals surface area contributed by atoms with Gasteiger partial charge in [-0.1, -0.05) is 122 Å². The Balaban J connectivity index is 1.57. The van der Waals surface area contributed by atoms with Crippen LogP contribution in [0.15, 0.2) is 121 Å². The van der Waals surface area contributed by atoms with Crippen molar-refractivity contribution in [1.82, 2.24) is 14.0 Å². The van der Waals surface area contributed by atoms with Gasteiger partial charge in [0.15, 0.2) is 0 Å². The summed E-state index contributed by atoms with van der Waals surface area (Å²) < 4.78 is 4.67. The Bertz CT molecular complexity index is 1580. The molecule has 0 aliphatic heterocycles. The average molecular weight is 468 g/mol. The minimum atomic E-state index is 0.852. The van der Waals surface area contributed by atoms with E-state index in [4.69, 9.17) is 4.98 Å². The zero-order valence-corrected chi connectivity index (χ0v) is 20.5. The first kappa shape index (κ1) is 22.1. The topological polar surface area (TPSA) is 22.2 Å². The van der Waals surface area contributed by atoms with E-state index in [-0.39, 0.29) is 0 Å². The number of rotatable bonds is 7. The van der Waals surface area contributed by atoms with E-state index >= 15 is 0 Å². The number of hydrogen-bond donors (Lipinski definition) is 0. The first-order valence-corrected chi connectivity index (χ1v) is 12.7. The van der Waals surface area contributed by atoms with Crippen LogP contribution < -0.4 is 0 Å². The second kappa shape index (κ2) is 9.71. The molecule has 0 spiro atoms. The summed E-state index contributed by atoms with van der Waals surface area (Å²) in [6, 6.07) is 40.8. The summed E-state index contributed by atoms with van der Waals surface area (Å²) in [6.45, 7) is 3.05. The van der Waals surface area contributed by atoms with Crippen molar-refractivity contribution in [2.75, 3.05) is 0 Å². The smallest absolute Gasteiger partial charge is 0.215 e. The van der Waals surface area contributed by atoms with E-state index < -0.39 is 0 Å². The summed E-state index contributed by atoms with van der Waals surface area (Å²) in [7, 11) is 0. The molecule has 0 saturated heterocycles. The summed E-state index contributed by atoms with van der Waals surface area (Å²) in [5, 5.41) is 0. The largest absolute Gasteiger partial charge is 0.309 e. The van der Waals surface area contributed by atoms with Crippen molar-refractivity contribution >= 4 is 5.78 Å². The molecule has 4 aromatic carbocycles. The third kappa shape index (κ3) is 4.14. The normalized spacial score (nSPS) is 11.2. The van der Waals surface area contributed by atoms with Gasteiger partial charge >= 0.3 is 0 Å². The van der Waals surface area contributed by atoms with E-state index in [1.807, 2.05) is 0 Å². The van der Waals surface area contributed by atoms with Gasteiger partial charge in [0.05, 0.1) is 17.1 Å². The maximum Gasteiger partial charge on any atom is 0.215 e. The summed E-state index contributed by atoms with van der Waals surface area (Å²) in [5.74, 6) is 0.971. The first-order valence-electron chi connectivity index (χ1n) is 12.7. The van der Waals surface area contributed by atoms with Crippen LogP contribution in [0.4, 0.5) is 0 Å². The molecule has 36 heavy (non-hydrogen) atoms. The zero-order valence-electron chi connectivity index (χ0n) is 20.5. The van der Waals surface area contributed by atoms with Gasteiger partial charge in [0.25, 0.3) is 0 Å². The molecule has 0 radical (unpaired) electrons. The van der Waals surface area contributed by atoms with Crippen LogP contribution in [-0.2, 0) is 19.4 Å². The lowest BCUT2D eigenvalue weighted by Gasteiger charge is -2.10. The summed E-state index contributed by atoms with van der Waals surface area (Å²) >= 11 is 0. The molecule has 0 saturated carbocycles. The Morgan fingerprint density at radius 1 is 0.611 bits per heavy atom. The number of hydrogen-bond acceptors (Lipinski definition) is 1. The Morgan fingerprint density at radius 2 is 1.22 bits per heavy atom. The minimum absolute atomic E-state index is 0.852. The van der Waals surface area contributed by atoms with Crippen LogP contribution in [0.5, 0.6) is 0 Å². The third-order valence-corrected chi connectivity index (χ3v) is 6.90. The highest BCUT2D eigenvalue weighted by Gasteiger charge is 2.21. The van der Waals surface area contributed by atoms with Gasteiger partial charge in [-0.25, -0.2) is 4.98 Å². The quantitative estimate of drug-likeness (QED) is 0.234. The lowest BCUT2D eigenvalue weighted by Crippen LogP contribution is -2.04. The number of benzene rings is 4. The maximum atomic E-state index is 5.28. The van der Waals surface area contributed by atoms with Crippen LogP contribution in [0.3, 0.4) is 0 Å². The van der Waals surface area contributed by atoms with Crippen molar-refractivity contribution < 1.29 is 0 Å². The zero-order chi connectivity index (χ0) is 24.3. The molecule has 0 fully saturated rings. The highest BCUT2D eigenvalue weighted by Crippen LogP contribution is 2.35. The van der Waals surface area contributed by atoms with Gasteiger partial charge in [-0.05, 0) is 29.5 Å². The van der Waals surface area contributed by atoms with Crippen molar-refractivity contribution in [2.24, 2.45) is 0 Å². The van der Waals surface area contributed by atoms with Crippen LogP contribution in [0.2, 0.25) is 0 Å². The van der Waals surface area contributed by atoms with Gasteiger partial charge in [-0.2, -0.15) is 0 Å². The minimum Gasteiger partial charge on any atom is -0.309 e. The molecule has 0 bridgehead atoms. The molecule has 0 amide bonds. The summed E-state index contributed by atoms with van der Waals surface area (Å²) in [4.78, 5) is 5.28. The van der Waals surface area contributed by atoms with Gasteiger partial charge in [0.1, 0.15) is 0 Å². The number of aryl methyl sites for hydroxylation is 3. The number of nitrogens with zero attached hydrogens (tertiary/aromatic N) is 3. The standard InChI is InChI=1S/C33H29N3/c1-2-25-18-20-27(21-19-25)30-24-36-32(29-16-10-5-11-17-29)31(28-14-8-4-9-15-28)34-33(36)35(30)23-22-26-12-6-3-7-13-26/h3-21,24H,2,22-23H2,1H3. The van der Waals surface area contributed by atoms with Gasteiger partial charge < -0.3 is 4.57 Å². The molecule has 0 aliphatic carbocycles. The molecule has 0 N–H and O–H groups in total. The molecule has 2 heterocycles. The Kier molecular flexibility index (Phi) is 5.96. The molecule has 176 valence electrons. The fourth-order valence-electron chi connectivity index (χ4n) is 4.95. The van der Waals surface area contributed by atoms with E-state index in [1.54, 1.807) is 0 Å². The van der Waals surface area contributed by atoms with E-state index in [9.17, 15) is 0 Å². The first-order chi connectivity index (χ1) is 17.8. The van der Waals surface area contributed by atoms with Crippen LogP contribution in [0, 0.1) is 0 Å². The molecule has 0 unspecified atom stereocenters. The van der Waals surface area contributed by atoms with E-state index in [0.29, 0.717) is 0 Å². The predicted octanol–water partition coefficient (Wildman–Crippen LogP) is 7.94. The van der Waals surface area contributed by atoms with Crippen LogP contribution in [0.25, 0.3) is 39.5 Å². The number of imidazole rings is 2. The molecule has 2 aromatic heterocycles. The van der Waals surface area contributed by atoms with E-state index in [1.165, 1.54) is 22.4 Å². The van der Waals surface area contributed by atoms with Crippen molar-refractivity contribution in [3.63, 3.8) is 0 Å². The highest BCUT2D eigenvalue weighted by molar-refractivity contribution is 5.82. The van der Waals surface area contributed by atoms with Gasteiger partial charge in [-0.15, -0.1) is 0 Å². The second-order valence-corrected chi connectivity index (χ2v) is 9.16. The number of fused-ring (bicyclic) bond motifs is 1. The lowest BCUT2D eigenvalue weighted by molar-refractivity contribution is 0.718. The lowest BCUT2D eigenvalue weighted by atomic mass is 10.0. The van der Waals surface area contributed by atoms with Crippen molar-refractivity contribution in [3.05, 3.63) is 133 Å². The predicted molar refractivity (Wildman–Crippen MR) is 149 cm³/mol. The Labute approximate surface area is 212 Å². The molecular formula is C33H29N3. The Hall–Kier alpha value is -4.37. The summed E-state index contributed by atoms with van der Waals surface area (Å²) in [6.07, 6.45) is 4.25. The average Bonchev–Trinajstić information content (AvgIpc) is 3.50. The van der Waals surface area contributed by atoms with E-state index in [2.05, 4.69) is 137 Å². The van der Waals surface area contributed by atoms with Crippen molar-refractivity contribution in [2.45, 2.75) is 26.3 Å². The SMILES string of the molecule is CCc1ccc(-c2cn3c(-c4ccccc4)c(-c4ccccc4)nc3n2CCc2ccccc2)cc1. The fourth-order valence-corrected chi connectivity index (χ4v) is 4.95. The van der Waals surface area contributed by atoms with Crippen LogP contribution in [0.1, 0.15) is 18.1 Å². The summed E-state index contributed by atoms with van der Waals surface area (Å²) in [5.41, 5.74) is 9.51. The monoisotopic (exact) mass is 467 g/mol. The highest BCUT2D eigenvalue weighted by atomic mass is 15.2. The molecular weight excluding hydrogens is 438 g/mol. The number of aromatic nitrogens is 3. The molecule has 6 rings (SSSR count). The van der Waals surface area contributed by atoms with Crippen LogP contribution in [-0.4, -0.2) is 14.0 Å².